The van der Waals surface area contributed by atoms with Crippen LogP contribution in [0.1, 0.15) is 31.4 Å². The molecule has 4 nitrogen and oxygen atoms in total. The zero-order valence-corrected chi connectivity index (χ0v) is 12.3. The molecule has 3 rings (SSSR count). The lowest BCUT2D eigenvalue weighted by Gasteiger charge is -2.27. The molecule has 0 amide bonds. The Balaban J connectivity index is 1.90. The number of hydrogen-bond donors (Lipinski definition) is 1. The highest BCUT2D eigenvalue weighted by Crippen LogP contribution is 2.38. The molecule has 1 aromatic heterocycles. The second kappa shape index (κ2) is 6.04. The highest BCUT2D eigenvalue weighted by Gasteiger charge is 2.26. The summed E-state index contributed by atoms with van der Waals surface area (Å²) in [7, 11) is 0. The summed E-state index contributed by atoms with van der Waals surface area (Å²) >= 11 is 0. The zero-order chi connectivity index (χ0) is 14.7. The quantitative estimate of drug-likeness (QED) is 0.874. The second-order valence-corrected chi connectivity index (χ2v) is 5.29. The standard InChI is InChI=1S/C17H21N3O/c1-2-21-17-11-14(7-8-15(17)18)20-10-4-6-16(20)13-5-3-9-19-12-13/h3,5,7-9,11-12,16H,2,4,6,10,18H2,1H3. The van der Waals surface area contributed by atoms with E-state index in [1.165, 1.54) is 17.7 Å². The van der Waals surface area contributed by atoms with Gasteiger partial charge in [-0.3, -0.25) is 4.98 Å². The van der Waals surface area contributed by atoms with E-state index in [0.29, 0.717) is 18.3 Å². The minimum Gasteiger partial charge on any atom is -0.492 e. The first-order valence-electron chi connectivity index (χ1n) is 7.48. The maximum absolute atomic E-state index is 5.97. The van der Waals surface area contributed by atoms with Crippen molar-refractivity contribution < 1.29 is 4.74 Å². The van der Waals surface area contributed by atoms with Crippen LogP contribution >= 0.6 is 0 Å². The summed E-state index contributed by atoms with van der Waals surface area (Å²) in [6, 6.07) is 10.6. The molecule has 0 bridgehead atoms. The van der Waals surface area contributed by atoms with E-state index in [-0.39, 0.29) is 0 Å². The van der Waals surface area contributed by atoms with Gasteiger partial charge in [0.1, 0.15) is 5.75 Å². The maximum atomic E-state index is 5.97. The molecule has 21 heavy (non-hydrogen) atoms. The van der Waals surface area contributed by atoms with Crippen LogP contribution in [0.25, 0.3) is 0 Å². The number of aromatic nitrogens is 1. The van der Waals surface area contributed by atoms with Crippen molar-refractivity contribution in [3.8, 4) is 5.75 Å². The van der Waals surface area contributed by atoms with Crippen LogP contribution in [0.5, 0.6) is 5.75 Å². The molecule has 1 saturated heterocycles. The number of nitrogen functional groups attached to an aromatic ring is 1. The van der Waals surface area contributed by atoms with Gasteiger partial charge in [0.2, 0.25) is 0 Å². The van der Waals surface area contributed by atoms with Crippen molar-refractivity contribution in [2.24, 2.45) is 0 Å². The van der Waals surface area contributed by atoms with Crippen molar-refractivity contribution in [1.29, 1.82) is 0 Å². The Hall–Kier alpha value is -2.23. The fourth-order valence-corrected chi connectivity index (χ4v) is 2.98. The lowest BCUT2D eigenvalue weighted by molar-refractivity contribution is 0.342. The summed E-state index contributed by atoms with van der Waals surface area (Å²) in [6.45, 7) is 3.65. The van der Waals surface area contributed by atoms with Gasteiger partial charge in [0.15, 0.2) is 0 Å². The molecule has 0 spiro atoms. The molecule has 0 aliphatic carbocycles. The molecule has 0 saturated carbocycles. The predicted octanol–water partition coefficient (Wildman–Crippen LogP) is 3.40. The second-order valence-electron chi connectivity index (χ2n) is 5.29. The largest absolute Gasteiger partial charge is 0.492 e. The topological polar surface area (TPSA) is 51.4 Å². The normalized spacial score (nSPS) is 18.0. The monoisotopic (exact) mass is 283 g/mol. The Morgan fingerprint density at radius 3 is 3.05 bits per heavy atom. The van der Waals surface area contributed by atoms with E-state index in [0.717, 1.165) is 18.7 Å². The van der Waals surface area contributed by atoms with E-state index in [1.807, 2.05) is 37.5 Å². The summed E-state index contributed by atoms with van der Waals surface area (Å²) < 4.78 is 5.61. The summed E-state index contributed by atoms with van der Waals surface area (Å²) in [5.74, 6) is 0.770. The number of hydrogen-bond acceptors (Lipinski definition) is 4. The van der Waals surface area contributed by atoms with Crippen molar-refractivity contribution in [2.75, 3.05) is 23.8 Å². The molecular formula is C17H21N3O. The third-order valence-corrected chi connectivity index (χ3v) is 3.95. The van der Waals surface area contributed by atoms with Crippen LogP contribution in [0.15, 0.2) is 42.7 Å². The highest BCUT2D eigenvalue weighted by molar-refractivity contribution is 5.63. The molecule has 2 heterocycles. The first-order valence-corrected chi connectivity index (χ1v) is 7.48. The summed E-state index contributed by atoms with van der Waals surface area (Å²) in [5.41, 5.74) is 9.09. The predicted molar refractivity (Wildman–Crippen MR) is 85.6 cm³/mol. The van der Waals surface area contributed by atoms with Crippen LogP contribution in [-0.4, -0.2) is 18.1 Å². The Kier molecular flexibility index (Phi) is 3.95. The Bertz CT molecular complexity index is 600. The lowest BCUT2D eigenvalue weighted by Crippen LogP contribution is -2.22. The smallest absolute Gasteiger partial charge is 0.144 e. The van der Waals surface area contributed by atoms with Crippen LogP contribution in [0.2, 0.25) is 0 Å². The first-order chi connectivity index (χ1) is 10.3. The van der Waals surface area contributed by atoms with Gasteiger partial charge in [-0.25, -0.2) is 0 Å². The van der Waals surface area contributed by atoms with Gasteiger partial charge in [0.05, 0.1) is 18.3 Å². The maximum Gasteiger partial charge on any atom is 0.144 e. The van der Waals surface area contributed by atoms with Crippen LogP contribution < -0.4 is 15.4 Å². The number of anilines is 2. The first kappa shape index (κ1) is 13.7. The molecule has 1 aliphatic heterocycles. The van der Waals surface area contributed by atoms with E-state index >= 15 is 0 Å². The van der Waals surface area contributed by atoms with E-state index in [2.05, 4.69) is 22.0 Å². The summed E-state index contributed by atoms with van der Waals surface area (Å²) in [5, 5.41) is 0. The molecule has 2 aromatic rings. The van der Waals surface area contributed by atoms with Gasteiger partial charge in [-0.2, -0.15) is 0 Å². The summed E-state index contributed by atoms with van der Waals surface area (Å²) in [4.78, 5) is 6.66. The molecule has 110 valence electrons. The third kappa shape index (κ3) is 2.79. The van der Waals surface area contributed by atoms with Crippen LogP contribution in [0.3, 0.4) is 0 Å². The van der Waals surface area contributed by atoms with Crippen molar-refractivity contribution >= 4 is 11.4 Å². The Labute approximate surface area is 125 Å². The third-order valence-electron chi connectivity index (χ3n) is 3.95. The molecule has 1 fully saturated rings. The zero-order valence-electron chi connectivity index (χ0n) is 12.3. The van der Waals surface area contributed by atoms with Crippen molar-refractivity contribution in [3.63, 3.8) is 0 Å². The van der Waals surface area contributed by atoms with Gasteiger partial charge in [0, 0.05) is 30.7 Å². The highest BCUT2D eigenvalue weighted by atomic mass is 16.5. The van der Waals surface area contributed by atoms with Crippen molar-refractivity contribution in [3.05, 3.63) is 48.3 Å². The fraction of sp³-hybridized carbons (Fsp3) is 0.353. The molecule has 2 N–H and O–H groups in total. The SMILES string of the molecule is CCOc1cc(N2CCCC2c2cccnc2)ccc1N. The lowest BCUT2D eigenvalue weighted by atomic mass is 10.1. The van der Waals surface area contributed by atoms with Crippen molar-refractivity contribution in [2.45, 2.75) is 25.8 Å². The number of benzene rings is 1. The van der Waals surface area contributed by atoms with Gasteiger partial charge in [-0.05, 0) is 43.5 Å². The molecule has 0 radical (unpaired) electrons. The van der Waals surface area contributed by atoms with Crippen LogP contribution in [0.4, 0.5) is 11.4 Å². The van der Waals surface area contributed by atoms with E-state index < -0.39 is 0 Å². The Morgan fingerprint density at radius 1 is 1.38 bits per heavy atom. The van der Waals surface area contributed by atoms with Gasteiger partial charge in [0.25, 0.3) is 0 Å². The number of nitrogens with zero attached hydrogens (tertiary/aromatic N) is 2. The van der Waals surface area contributed by atoms with Crippen molar-refractivity contribution in [1.82, 2.24) is 4.98 Å². The van der Waals surface area contributed by atoms with E-state index in [1.54, 1.807) is 0 Å². The number of pyridine rings is 1. The van der Waals surface area contributed by atoms with Gasteiger partial charge < -0.3 is 15.4 Å². The fourth-order valence-electron chi connectivity index (χ4n) is 2.98. The number of nitrogens with two attached hydrogens (primary N) is 1. The minimum absolute atomic E-state index is 0.386. The molecule has 1 aromatic carbocycles. The van der Waals surface area contributed by atoms with E-state index in [4.69, 9.17) is 10.5 Å². The molecular weight excluding hydrogens is 262 g/mol. The molecule has 1 unspecified atom stereocenters. The number of rotatable bonds is 4. The van der Waals surface area contributed by atoms with Crippen LogP contribution in [-0.2, 0) is 0 Å². The van der Waals surface area contributed by atoms with Crippen LogP contribution in [0, 0.1) is 0 Å². The van der Waals surface area contributed by atoms with Gasteiger partial charge in [-0.1, -0.05) is 6.07 Å². The minimum atomic E-state index is 0.386. The molecule has 4 heteroatoms. The summed E-state index contributed by atoms with van der Waals surface area (Å²) in [6.07, 6.45) is 6.12. The molecule has 1 aliphatic rings. The van der Waals surface area contributed by atoms with Gasteiger partial charge >= 0.3 is 0 Å². The van der Waals surface area contributed by atoms with E-state index in [9.17, 15) is 0 Å². The van der Waals surface area contributed by atoms with Gasteiger partial charge in [-0.15, -0.1) is 0 Å². The Morgan fingerprint density at radius 2 is 2.29 bits per heavy atom. The average molecular weight is 283 g/mol. The number of ether oxygens (including phenoxy) is 1. The average Bonchev–Trinajstić information content (AvgIpc) is 3.00. The molecule has 1 atom stereocenters.